The van der Waals surface area contributed by atoms with Crippen LogP contribution in [0, 0.1) is 6.92 Å². The molecule has 0 fully saturated rings. The van der Waals surface area contributed by atoms with Gasteiger partial charge in [0, 0.05) is 62.2 Å². The second-order valence-electron chi connectivity index (χ2n) is 10.4. The highest BCUT2D eigenvalue weighted by molar-refractivity contribution is 6.07. The van der Waals surface area contributed by atoms with Gasteiger partial charge in [0.15, 0.2) is 0 Å². The van der Waals surface area contributed by atoms with Crippen molar-refractivity contribution in [2.45, 2.75) is 32.7 Å². The lowest BCUT2D eigenvalue weighted by molar-refractivity contribution is 0.533. The normalized spacial score (nSPS) is 14.5. The van der Waals surface area contributed by atoms with Crippen LogP contribution in [0.15, 0.2) is 91.3 Å². The van der Waals surface area contributed by atoms with E-state index in [9.17, 15) is 0 Å². The van der Waals surface area contributed by atoms with Crippen LogP contribution in [0.4, 0.5) is 0 Å². The number of para-hydroxylation sites is 3. The van der Waals surface area contributed by atoms with E-state index in [4.69, 9.17) is 5.73 Å². The van der Waals surface area contributed by atoms with E-state index in [1.165, 1.54) is 54.9 Å². The largest absolute Gasteiger partial charge is 0.361 e. The fourth-order valence-electron chi connectivity index (χ4n) is 5.78. The number of nitrogens with two attached hydrogens (primary N) is 1. The molecule has 1 aliphatic heterocycles. The zero-order valence-corrected chi connectivity index (χ0v) is 23.1. The summed E-state index contributed by atoms with van der Waals surface area (Å²) in [6.45, 7) is 6.04. The molecule has 0 radical (unpaired) electrons. The van der Waals surface area contributed by atoms with Crippen LogP contribution in [-0.4, -0.2) is 33.0 Å². The maximum Gasteiger partial charge on any atom is 0.0681 e. The minimum absolute atomic E-state index is 0.464. The number of nitrogens with zero attached hydrogens (tertiary/aromatic N) is 1. The monoisotopic (exact) mass is 528 g/mol. The number of H-pyrrole nitrogens is 3. The van der Waals surface area contributed by atoms with Gasteiger partial charge in [-0.3, -0.25) is 4.98 Å². The van der Waals surface area contributed by atoms with E-state index in [-0.39, 0.29) is 0 Å². The van der Waals surface area contributed by atoms with Gasteiger partial charge in [0.2, 0.25) is 0 Å². The number of benzene rings is 3. The molecule has 0 saturated heterocycles. The van der Waals surface area contributed by atoms with E-state index in [1.54, 1.807) is 0 Å². The highest BCUT2D eigenvalue weighted by Gasteiger charge is 2.19. The number of pyridine rings is 1. The molecule has 3 aromatic carbocycles. The molecule has 202 valence electrons. The van der Waals surface area contributed by atoms with Crippen LogP contribution in [0.2, 0.25) is 0 Å². The number of nitrogens with one attached hydrogen (secondary N) is 4. The quantitative estimate of drug-likeness (QED) is 0.166. The third kappa shape index (κ3) is 4.99. The van der Waals surface area contributed by atoms with E-state index >= 15 is 0 Å². The van der Waals surface area contributed by atoms with Gasteiger partial charge in [0.25, 0.3) is 0 Å². The molecule has 40 heavy (non-hydrogen) atoms. The average Bonchev–Trinajstić information content (AvgIpc) is 3.69. The predicted octanol–water partition coefficient (Wildman–Crippen LogP) is 7.07. The van der Waals surface area contributed by atoms with E-state index in [2.05, 4.69) is 98.9 Å². The summed E-state index contributed by atoms with van der Waals surface area (Å²) in [4.78, 5) is 14.4. The Bertz CT molecular complexity index is 1890. The predicted molar refractivity (Wildman–Crippen MR) is 168 cm³/mol. The number of aromatic nitrogens is 4. The topological polar surface area (TPSA) is 98.3 Å². The van der Waals surface area contributed by atoms with Crippen LogP contribution < -0.4 is 11.1 Å². The summed E-state index contributed by atoms with van der Waals surface area (Å²) >= 11 is 0. The molecule has 7 aromatic rings. The second kappa shape index (κ2) is 11.4. The first-order valence-electron chi connectivity index (χ1n) is 14.0. The van der Waals surface area contributed by atoms with Crippen LogP contribution in [-0.2, 0) is 12.8 Å². The number of aromatic amines is 3. The number of hydrogen-bond donors (Lipinski definition) is 5. The van der Waals surface area contributed by atoms with Crippen molar-refractivity contribution < 1.29 is 0 Å². The molecule has 1 unspecified atom stereocenters. The Morgan fingerprint density at radius 1 is 0.800 bits per heavy atom. The number of aryl methyl sites for hydroxylation is 1. The zero-order valence-electron chi connectivity index (χ0n) is 23.1. The van der Waals surface area contributed by atoms with E-state index in [1.807, 2.05) is 31.5 Å². The van der Waals surface area contributed by atoms with E-state index < -0.39 is 0 Å². The average molecular weight is 529 g/mol. The molecule has 5 heterocycles. The summed E-state index contributed by atoms with van der Waals surface area (Å²) in [5, 5.41) is 8.69. The van der Waals surface area contributed by atoms with Gasteiger partial charge in [-0.25, -0.2) is 0 Å². The lowest BCUT2D eigenvalue weighted by Gasteiger charge is -2.20. The highest BCUT2D eigenvalue weighted by Crippen LogP contribution is 2.29. The summed E-state index contributed by atoms with van der Waals surface area (Å²) in [5.41, 5.74) is 15.5. The Balaban J connectivity index is 0.000000109. The smallest absolute Gasteiger partial charge is 0.0681 e. The van der Waals surface area contributed by atoms with Gasteiger partial charge in [-0.05, 0) is 75.2 Å². The summed E-state index contributed by atoms with van der Waals surface area (Å²) in [7, 11) is 0. The maximum absolute atomic E-state index is 5.50. The van der Waals surface area contributed by atoms with Gasteiger partial charge in [-0.1, -0.05) is 54.6 Å². The molecule has 1 atom stereocenters. The maximum atomic E-state index is 5.50. The number of fused-ring (bicyclic) bond motifs is 7. The summed E-state index contributed by atoms with van der Waals surface area (Å²) < 4.78 is 0. The molecule has 4 aromatic heterocycles. The van der Waals surface area contributed by atoms with Crippen LogP contribution in [0.25, 0.3) is 43.6 Å². The van der Waals surface area contributed by atoms with Gasteiger partial charge in [-0.15, -0.1) is 0 Å². The van der Waals surface area contributed by atoms with Gasteiger partial charge in [0.1, 0.15) is 0 Å². The molecule has 0 spiro atoms. The van der Waals surface area contributed by atoms with Gasteiger partial charge < -0.3 is 26.0 Å². The third-order valence-corrected chi connectivity index (χ3v) is 7.81. The first-order chi connectivity index (χ1) is 19.6. The van der Waals surface area contributed by atoms with Crippen LogP contribution >= 0.6 is 0 Å². The van der Waals surface area contributed by atoms with Crippen molar-refractivity contribution in [1.82, 2.24) is 25.3 Å². The van der Waals surface area contributed by atoms with Gasteiger partial charge in [0.05, 0.1) is 11.2 Å². The van der Waals surface area contributed by atoms with Gasteiger partial charge >= 0.3 is 0 Å². The first kappa shape index (κ1) is 25.9. The molecule has 0 bridgehead atoms. The number of hydrogen-bond acceptors (Lipinski definition) is 3. The SMILES string of the molecule is CC1NCCc2c1[nH]c1ccccc21.Cc1nccc2c1[nH]c1ccccc12.NCCc1c[nH]c2ccccc12. The molecule has 6 nitrogen and oxygen atoms in total. The van der Waals surface area contributed by atoms with E-state index in [0.29, 0.717) is 12.6 Å². The number of rotatable bonds is 2. The molecule has 0 aliphatic carbocycles. The Kier molecular flexibility index (Phi) is 7.36. The Hall–Kier alpha value is -4.39. The molecule has 0 saturated carbocycles. The molecule has 1 aliphatic rings. The lowest BCUT2D eigenvalue weighted by atomic mass is 10.0. The summed E-state index contributed by atoms with van der Waals surface area (Å²) in [5.74, 6) is 0. The summed E-state index contributed by atoms with van der Waals surface area (Å²) in [6, 6.07) is 27.7. The Morgan fingerprint density at radius 2 is 1.48 bits per heavy atom. The molecule has 6 N–H and O–H groups in total. The highest BCUT2D eigenvalue weighted by atomic mass is 15.0. The fourth-order valence-corrected chi connectivity index (χ4v) is 5.78. The second-order valence-corrected chi connectivity index (χ2v) is 10.4. The van der Waals surface area contributed by atoms with E-state index in [0.717, 1.165) is 30.6 Å². The van der Waals surface area contributed by atoms with Crippen LogP contribution in [0.5, 0.6) is 0 Å². The molecule has 6 heteroatoms. The van der Waals surface area contributed by atoms with Crippen molar-refractivity contribution in [3.8, 4) is 0 Å². The fraction of sp³-hybridized carbons (Fsp3) is 0.206. The van der Waals surface area contributed by atoms with Crippen molar-refractivity contribution >= 4 is 43.6 Å². The lowest BCUT2D eigenvalue weighted by Crippen LogP contribution is -2.27. The molecule has 0 amide bonds. The minimum Gasteiger partial charge on any atom is -0.361 e. The van der Waals surface area contributed by atoms with Crippen molar-refractivity contribution in [2.24, 2.45) is 5.73 Å². The summed E-state index contributed by atoms with van der Waals surface area (Å²) in [6.07, 6.45) is 5.99. The molecule has 8 rings (SSSR count). The zero-order chi connectivity index (χ0) is 27.5. The Morgan fingerprint density at radius 3 is 2.25 bits per heavy atom. The van der Waals surface area contributed by atoms with Crippen molar-refractivity contribution in [3.05, 3.63) is 114 Å². The van der Waals surface area contributed by atoms with Gasteiger partial charge in [-0.2, -0.15) is 0 Å². The standard InChI is InChI=1S/C12H14N2.C12H10N2.C10H12N2/c2*1-8-12-10(6-7-13-8)9-4-2-3-5-11(9)14-12;11-6-5-8-7-12-10-4-2-1-3-9(8)10/h2-5,8,13-14H,6-7H2,1H3;2-7,14H,1H3;1-4,7,12H,5-6,11H2. The Labute approximate surface area is 234 Å². The molecular weight excluding hydrogens is 492 g/mol. The van der Waals surface area contributed by atoms with Crippen molar-refractivity contribution in [3.63, 3.8) is 0 Å². The molecular formula is C34H36N6. The van der Waals surface area contributed by atoms with Crippen molar-refractivity contribution in [2.75, 3.05) is 13.1 Å². The van der Waals surface area contributed by atoms with Crippen LogP contribution in [0.1, 0.15) is 35.5 Å². The third-order valence-electron chi connectivity index (χ3n) is 7.81. The first-order valence-corrected chi connectivity index (χ1v) is 14.0. The van der Waals surface area contributed by atoms with Crippen molar-refractivity contribution in [1.29, 1.82) is 0 Å². The minimum atomic E-state index is 0.464. The van der Waals surface area contributed by atoms with Crippen LogP contribution in [0.3, 0.4) is 0 Å².